The summed E-state index contributed by atoms with van der Waals surface area (Å²) in [5.41, 5.74) is 0.619. The lowest BCUT2D eigenvalue weighted by molar-refractivity contribution is -0.137. The molecule has 0 radical (unpaired) electrons. The van der Waals surface area contributed by atoms with E-state index in [0.717, 1.165) is 38.2 Å². The van der Waals surface area contributed by atoms with Crippen LogP contribution in [-0.4, -0.2) is 30.9 Å². The number of alkyl halides is 3. The van der Waals surface area contributed by atoms with Crippen LogP contribution in [0.25, 0.3) is 0 Å². The Morgan fingerprint density at radius 1 is 1.35 bits per heavy atom. The Morgan fingerprint density at radius 2 is 2.00 bits per heavy atom. The molecule has 7 heteroatoms. The van der Waals surface area contributed by atoms with Gasteiger partial charge in [-0.25, -0.2) is 0 Å². The highest BCUT2D eigenvalue weighted by Gasteiger charge is 2.33. The van der Waals surface area contributed by atoms with Crippen LogP contribution in [0.5, 0.6) is 0 Å². The van der Waals surface area contributed by atoms with Crippen molar-refractivity contribution in [3.05, 3.63) is 23.5 Å². The van der Waals surface area contributed by atoms with Crippen molar-refractivity contribution >= 4 is 11.4 Å². The molecule has 2 heterocycles. The minimum absolute atomic E-state index is 0.432. The predicted molar refractivity (Wildman–Crippen MR) is 69.9 cm³/mol. The third kappa shape index (κ3) is 3.02. The second-order valence-corrected chi connectivity index (χ2v) is 4.64. The zero-order valence-corrected chi connectivity index (χ0v) is 11.4. The van der Waals surface area contributed by atoms with Crippen LogP contribution in [0.4, 0.5) is 18.9 Å². The molecule has 0 atom stereocenters. The zero-order valence-electron chi connectivity index (χ0n) is 11.4. The van der Waals surface area contributed by atoms with Gasteiger partial charge in [-0.05, 0) is 25.8 Å². The van der Waals surface area contributed by atoms with Gasteiger partial charge in [0.25, 0.3) is 0 Å². The molecule has 0 saturated carbocycles. The number of oxime groups is 1. The van der Waals surface area contributed by atoms with Gasteiger partial charge in [0.1, 0.15) is 18.5 Å². The molecule has 0 aliphatic carbocycles. The second kappa shape index (κ2) is 5.68. The van der Waals surface area contributed by atoms with Crippen LogP contribution < -0.4 is 4.90 Å². The molecule has 0 spiro atoms. The Labute approximate surface area is 115 Å². The third-order valence-corrected chi connectivity index (χ3v) is 3.21. The van der Waals surface area contributed by atoms with Gasteiger partial charge in [0.15, 0.2) is 0 Å². The number of halogens is 3. The molecule has 1 aromatic rings. The fourth-order valence-electron chi connectivity index (χ4n) is 2.27. The van der Waals surface area contributed by atoms with Crippen LogP contribution in [0.3, 0.4) is 0 Å². The molecule has 0 bridgehead atoms. The van der Waals surface area contributed by atoms with Crippen LogP contribution in [0.1, 0.15) is 31.0 Å². The van der Waals surface area contributed by atoms with Gasteiger partial charge in [0.05, 0.1) is 11.3 Å². The molecule has 1 aliphatic rings. The van der Waals surface area contributed by atoms with Crippen molar-refractivity contribution in [3.63, 3.8) is 0 Å². The van der Waals surface area contributed by atoms with Crippen molar-refractivity contribution in [1.29, 1.82) is 0 Å². The van der Waals surface area contributed by atoms with Gasteiger partial charge in [-0.3, -0.25) is 4.98 Å². The maximum absolute atomic E-state index is 12.8. The first-order valence-electron chi connectivity index (χ1n) is 6.34. The summed E-state index contributed by atoms with van der Waals surface area (Å²) in [6, 6.07) is 1.14. The van der Waals surface area contributed by atoms with Gasteiger partial charge in [-0.2, -0.15) is 13.2 Å². The molecule has 0 N–H and O–H groups in total. The molecule has 1 fully saturated rings. The van der Waals surface area contributed by atoms with Crippen LogP contribution in [0.15, 0.2) is 17.4 Å². The van der Waals surface area contributed by atoms with Crippen LogP contribution in [0.2, 0.25) is 0 Å². The number of aromatic nitrogens is 1. The van der Waals surface area contributed by atoms with E-state index in [-0.39, 0.29) is 0 Å². The number of hydrogen-bond acceptors (Lipinski definition) is 4. The topological polar surface area (TPSA) is 37.7 Å². The van der Waals surface area contributed by atoms with Gasteiger partial charge in [-0.1, -0.05) is 5.16 Å². The third-order valence-electron chi connectivity index (χ3n) is 3.21. The number of rotatable bonds is 3. The number of anilines is 1. The molecule has 1 aromatic heterocycles. The van der Waals surface area contributed by atoms with Gasteiger partial charge < -0.3 is 9.74 Å². The summed E-state index contributed by atoms with van der Waals surface area (Å²) in [5, 5.41) is 3.76. The van der Waals surface area contributed by atoms with E-state index < -0.39 is 11.7 Å². The quantitative estimate of drug-likeness (QED) is 0.633. The summed E-state index contributed by atoms with van der Waals surface area (Å²) < 4.78 is 38.5. The largest absolute Gasteiger partial charge is 0.417 e. The molecule has 0 amide bonds. The SMILES string of the molecule is CON=C(C)c1ncc(C(F)(F)F)cc1N1CCCC1. The number of nitrogens with zero attached hydrogens (tertiary/aromatic N) is 3. The van der Waals surface area contributed by atoms with E-state index in [1.807, 2.05) is 4.90 Å². The molecule has 1 saturated heterocycles. The molecule has 1 aliphatic heterocycles. The number of pyridine rings is 1. The molecule has 0 unspecified atom stereocenters. The molecule has 110 valence electrons. The van der Waals surface area contributed by atoms with E-state index in [1.165, 1.54) is 7.11 Å². The van der Waals surface area contributed by atoms with Gasteiger partial charge >= 0.3 is 6.18 Å². The molecule has 2 rings (SSSR count). The first kappa shape index (κ1) is 14.6. The monoisotopic (exact) mass is 287 g/mol. The standard InChI is InChI=1S/C13H16F3N3O/c1-9(18-20-2)12-11(19-5-3-4-6-19)7-10(8-17-12)13(14,15)16/h7-8H,3-6H2,1-2H3. The van der Waals surface area contributed by atoms with Crippen LogP contribution in [0, 0.1) is 0 Å². The lowest BCUT2D eigenvalue weighted by atomic mass is 10.1. The van der Waals surface area contributed by atoms with Crippen molar-refractivity contribution in [2.24, 2.45) is 5.16 Å². The fourth-order valence-corrected chi connectivity index (χ4v) is 2.27. The lowest BCUT2D eigenvalue weighted by Gasteiger charge is -2.21. The molecule has 20 heavy (non-hydrogen) atoms. The highest BCUT2D eigenvalue weighted by molar-refractivity contribution is 6.01. The van der Waals surface area contributed by atoms with E-state index in [0.29, 0.717) is 17.1 Å². The average molecular weight is 287 g/mol. The maximum Gasteiger partial charge on any atom is 0.417 e. The second-order valence-electron chi connectivity index (χ2n) is 4.64. The minimum Gasteiger partial charge on any atom is -0.399 e. The van der Waals surface area contributed by atoms with Crippen LogP contribution in [-0.2, 0) is 11.0 Å². The first-order valence-corrected chi connectivity index (χ1v) is 6.34. The molecule has 0 aromatic carbocycles. The maximum atomic E-state index is 12.8. The van der Waals surface area contributed by atoms with E-state index in [1.54, 1.807) is 6.92 Å². The average Bonchev–Trinajstić information content (AvgIpc) is 2.91. The van der Waals surface area contributed by atoms with Crippen molar-refractivity contribution in [2.45, 2.75) is 25.9 Å². The Bertz CT molecular complexity index is 508. The fraction of sp³-hybridized carbons (Fsp3) is 0.538. The van der Waals surface area contributed by atoms with Crippen molar-refractivity contribution in [2.75, 3.05) is 25.1 Å². The summed E-state index contributed by atoms with van der Waals surface area (Å²) in [4.78, 5) is 10.5. The Hall–Kier alpha value is -1.79. The van der Waals surface area contributed by atoms with E-state index in [2.05, 4.69) is 15.0 Å². The molecular weight excluding hydrogens is 271 g/mol. The smallest absolute Gasteiger partial charge is 0.399 e. The lowest BCUT2D eigenvalue weighted by Crippen LogP contribution is -2.22. The summed E-state index contributed by atoms with van der Waals surface area (Å²) in [6.45, 7) is 3.13. The summed E-state index contributed by atoms with van der Waals surface area (Å²) in [7, 11) is 1.39. The van der Waals surface area contributed by atoms with E-state index >= 15 is 0 Å². The summed E-state index contributed by atoms with van der Waals surface area (Å²) in [5.74, 6) is 0. The highest BCUT2D eigenvalue weighted by Crippen LogP contribution is 2.33. The summed E-state index contributed by atoms with van der Waals surface area (Å²) >= 11 is 0. The Balaban J connectivity index is 2.48. The minimum atomic E-state index is -4.40. The molecular formula is C13H16F3N3O. The Kier molecular flexibility index (Phi) is 4.15. The number of hydrogen-bond donors (Lipinski definition) is 0. The molecule has 4 nitrogen and oxygen atoms in total. The van der Waals surface area contributed by atoms with Crippen molar-refractivity contribution < 1.29 is 18.0 Å². The zero-order chi connectivity index (χ0) is 14.8. The van der Waals surface area contributed by atoms with Crippen molar-refractivity contribution in [1.82, 2.24) is 4.98 Å². The highest BCUT2D eigenvalue weighted by atomic mass is 19.4. The van der Waals surface area contributed by atoms with Gasteiger partial charge in [0.2, 0.25) is 0 Å². The van der Waals surface area contributed by atoms with Gasteiger partial charge in [0, 0.05) is 19.3 Å². The predicted octanol–water partition coefficient (Wildman–Crippen LogP) is 3.07. The first-order chi connectivity index (χ1) is 9.43. The van der Waals surface area contributed by atoms with E-state index in [9.17, 15) is 13.2 Å². The normalized spacial score (nSPS) is 16.6. The van der Waals surface area contributed by atoms with Gasteiger partial charge in [-0.15, -0.1) is 0 Å². The van der Waals surface area contributed by atoms with E-state index in [4.69, 9.17) is 0 Å². The summed E-state index contributed by atoms with van der Waals surface area (Å²) in [6.07, 6.45) is -1.62. The van der Waals surface area contributed by atoms with Crippen molar-refractivity contribution in [3.8, 4) is 0 Å². The van der Waals surface area contributed by atoms with Crippen LogP contribution >= 0.6 is 0 Å². The Morgan fingerprint density at radius 3 is 2.55 bits per heavy atom.